The van der Waals surface area contributed by atoms with Gasteiger partial charge in [-0.25, -0.2) is 0 Å². The molecule has 1 aromatic rings. The van der Waals surface area contributed by atoms with Gasteiger partial charge in [-0.15, -0.1) is 0 Å². The van der Waals surface area contributed by atoms with Crippen LogP contribution in [0.15, 0.2) is 30.3 Å². The highest BCUT2D eigenvalue weighted by atomic mass is 32.2. The van der Waals surface area contributed by atoms with Gasteiger partial charge in [0.1, 0.15) is 12.1 Å². The monoisotopic (exact) mass is 437 g/mol. The fraction of sp³-hybridized carbons (Fsp3) is 0.591. The molecular formula is C22H35N3O4S. The summed E-state index contributed by atoms with van der Waals surface area (Å²) < 4.78 is -0.0886. The summed E-state index contributed by atoms with van der Waals surface area (Å²) in [7, 11) is 0. The van der Waals surface area contributed by atoms with Crippen LogP contribution in [-0.4, -0.2) is 51.5 Å². The maximum Gasteiger partial charge on any atom is 0.320 e. The van der Waals surface area contributed by atoms with Crippen molar-refractivity contribution in [2.45, 2.75) is 70.8 Å². The van der Waals surface area contributed by atoms with Gasteiger partial charge < -0.3 is 15.7 Å². The van der Waals surface area contributed by atoms with E-state index >= 15 is 0 Å². The number of anilines is 1. The zero-order valence-electron chi connectivity index (χ0n) is 18.7. The second-order valence-corrected chi connectivity index (χ2v) is 10.6. The number of benzene rings is 1. The molecule has 2 amide bonds. The molecule has 3 atom stereocenters. The van der Waals surface area contributed by atoms with E-state index in [9.17, 15) is 19.5 Å². The first-order valence-electron chi connectivity index (χ1n) is 10.2. The number of para-hydroxylation sites is 1. The highest BCUT2D eigenvalue weighted by Crippen LogP contribution is 2.24. The fourth-order valence-corrected chi connectivity index (χ4v) is 3.55. The molecule has 0 spiro atoms. The molecule has 0 aliphatic carbocycles. The van der Waals surface area contributed by atoms with Crippen LogP contribution in [0.3, 0.4) is 0 Å². The van der Waals surface area contributed by atoms with Crippen LogP contribution in [0.2, 0.25) is 0 Å². The average molecular weight is 438 g/mol. The Morgan fingerprint density at radius 1 is 1.00 bits per heavy atom. The Morgan fingerprint density at radius 3 is 2.10 bits per heavy atom. The number of aliphatic carboxylic acids is 1. The quantitative estimate of drug-likeness (QED) is 0.424. The van der Waals surface area contributed by atoms with Gasteiger partial charge >= 0.3 is 5.97 Å². The number of hydrogen-bond donors (Lipinski definition) is 4. The molecule has 0 bridgehead atoms. The lowest BCUT2D eigenvalue weighted by Gasteiger charge is -2.27. The molecule has 1 aromatic carbocycles. The third kappa shape index (κ3) is 10.1. The lowest BCUT2D eigenvalue weighted by Crippen LogP contribution is -2.55. The Balaban J connectivity index is 2.93. The van der Waals surface area contributed by atoms with Crippen LogP contribution in [0.4, 0.5) is 5.69 Å². The molecule has 7 nitrogen and oxygen atoms in total. The Bertz CT molecular complexity index is 704. The lowest BCUT2D eigenvalue weighted by molar-refractivity contribution is -0.139. The second kappa shape index (κ2) is 12.0. The summed E-state index contributed by atoms with van der Waals surface area (Å²) in [5, 5.41) is 17.8. The summed E-state index contributed by atoms with van der Waals surface area (Å²) in [5.41, 5.74) is 0.656. The van der Waals surface area contributed by atoms with E-state index in [1.165, 1.54) is 6.92 Å². The van der Waals surface area contributed by atoms with E-state index in [0.29, 0.717) is 17.9 Å². The lowest BCUT2D eigenvalue weighted by atomic mass is 10.0. The van der Waals surface area contributed by atoms with Gasteiger partial charge in [0, 0.05) is 16.2 Å². The average Bonchev–Trinajstić information content (AvgIpc) is 2.63. The first-order chi connectivity index (χ1) is 13.9. The topological polar surface area (TPSA) is 108 Å². The molecule has 4 N–H and O–H groups in total. The molecule has 0 unspecified atom stereocenters. The minimum atomic E-state index is -1.03. The van der Waals surface area contributed by atoms with Gasteiger partial charge in [-0.2, -0.15) is 11.8 Å². The maximum atomic E-state index is 13.0. The van der Waals surface area contributed by atoms with Gasteiger partial charge in [0.2, 0.25) is 11.8 Å². The van der Waals surface area contributed by atoms with E-state index in [1.807, 2.05) is 52.8 Å². The van der Waals surface area contributed by atoms with Gasteiger partial charge in [0.15, 0.2) is 0 Å². The van der Waals surface area contributed by atoms with Crippen LogP contribution >= 0.6 is 11.8 Å². The van der Waals surface area contributed by atoms with Crippen molar-refractivity contribution in [1.82, 2.24) is 10.6 Å². The summed E-state index contributed by atoms with van der Waals surface area (Å²) in [6.07, 6.45) is 0.470. The van der Waals surface area contributed by atoms with Crippen LogP contribution < -0.4 is 16.0 Å². The van der Waals surface area contributed by atoms with Crippen LogP contribution in [0, 0.1) is 5.92 Å². The number of thioether (sulfide) groups is 1. The van der Waals surface area contributed by atoms with Crippen molar-refractivity contribution in [3.8, 4) is 0 Å². The first kappa shape index (κ1) is 26.0. The van der Waals surface area contributed by atoms with Crippen molar-refractivity contribution >= 4 is 35.2 Å². The molecule has 1 rings (SSSR count). The van der Waals surface area contributed by atoms with E-state index in [0.717, 1.165) is 0 Å². The van der Waals surface area contributed by atoms with E-state index in [1.54, 1.807) is 23.9 Å². The first-order valence-corrected chi connectivity index (χ1v) is 11.2. The van der Waals surface area contributed by atoms with Gasteiger partial charge in [0.05, 0.1) is 6.04 Å². The second-order valence-electron chi connectivity index (χ2n) is 8.75. The largest absolute Gasteiger partial charge is 0.480 e. The number of carboxylic acids is 1. The summed E-state index contributed by atoms with van der Waals surface area (Å²) in [6, 6.07) is 6.72. The van der Waals surface area contributed by atoms with Crippen molar-refractivity contribution in [3.05, 3.63) is 30.3 Å². The highest BCUT2D eigenvalue weighted by molar-refractivity contribution is 8.00. The van der Waals surface area contributed by atoms with Gasteiger partial charge in [-0.1, -0.05) is 52.8 Å². The number of carbonyl (C=O) groups is 3. The molecule has 0 radical (unpaired) electrons. The SMILES string of the molecule is CC(C)C[C@H](NC(=O)[C@@H](CSC(C)(C)C)N[C@H](C)C(=O)O)C(=O)Nc1ccccc1. The Morgan fingerprint density at radius 2 is 1.60 bits per heavy atom. The summed E-state index contributed by atoms with van der Waals surface area (Å²) in [5.74, 6) is -1.13. The Labute approximate surface area is 183 Å². The van der Waals surface area contributed by atoms with Crippen LogP contribution in [0.1, 0.15) is 48.0 Å². The Kier molecular flexibility index (Phi) is 10.4. The molecule has 0 fully saturated rings. The van der Waals surface area contributed by atoms with Crippen molar-refractivity contribution in [3.63, 3.8) is 0 Å². The molecule has 30 heavy (non-hydrogen) atoms. The third-order valence-corrected chi connectivity index (χ3v) is 5.57. The fourth-order valence-electron chi connectivity index (χ4n) is 2.63. The smallest absolute Gasteiger partial charge is 0.320 e. The minimum Gasteiger partial charge on any atom is -0.480 e. The van der Waals surface area contributed by atoms with Crippen molar-refractivity contribution in [1.29, 1.82) is 0 Å². The molecule has 8 heteroatoms. The Hall–Kier alpha value is -2.06. The van der Waals surface area contributed by atoms with Gasteiger partial charge in [-0.05, 0) is 31.4 Å². The predicted molar refractivity (Wildman–Crippen MR) is 123 cm³/mol. The number of amides is 2. The molecule has 0 saturated carbocycles. The number of rotatable bonds is 11. The molecule has 0 aliphatic rings. The highest BCUT2D eigenvalue weighted by Gasteiger charge is 2.29. The van der Waals surface area contributed by atoms with E-state index < -0.39 is 24.1 Å². The molecule has 0 aliphatic heterocycles. The van der Waals surface area contributed by atoms with Crippen molar-refractivity contribution < 1.29 is 19.5 Å². The number of carbonyl (C=O) groups excluding carboxylic acids is 2. The molecular weight excluding hydrogens is 402 g/mol. The number of nitrogens with one attached hydrogen (secondary N) is 3. The number of carboxylic acid groups (broad SMARTS) is 1. The zero-order valence-corrected chi connectivity index (χ0v) is 19.5. The van der Waals surface area contributed by atoms with E-state index in [-0.39, 0.29) is 22.5 Å². The minimum absolute atomic E-state index is 0.0886. The predicted octanol–water partition coefficient (Wildman–Crippen LogP) is 3.12. The van der Waals surface area contributed by atoms with Crippen LogP contribution in [-0.2, 0) is 14.4 Å². The standard InChI is InChI=1S/C22H35N3O4S/c1-14(2)12-17(19(26)24-16-10-8-7-9-11-16)25-20(27)18(13-30-22(4,5)6)23-15(3)21(28)29/h7-11,14-15,17-18,23H,12-13H2,1-6H3,(H,24,26)(H,25,27)(H,28,29)/t15-,17+,18-/m1/s1. The van der Waals surface area contributed by atoms with Crippen molar-refractivity contribution in [2.24, 2.45) is 5.92 Å². The third-order valence-electron chi connectivity index (χ3n) is 4.20. The molecule has 0 heterocycles. The van der Waals surface area contributed by atoms with Crippen LogP contribution in [0.25, 0.3) is 0 Å². The summed E-state index contributed by atoms with van der Waals surface area (Å²) in [4.78, 5) is 37.1. The van der Waals surface area contributed by atoms with Gasteiger partial charge in [0.25, 0.3) is 0 Å². The molecule has 0 aromatic heterocycles. The molecule has 0 saturated heterocycles. The van der Waals surface area contributed by atoms with Crippen LogP contribution in [0.5, 0.6) is 0 Å². The summed E-state index contributed by atoms with van der Waals surface area (Å²) in [6.45, 7) is 11.5. The van der Waals surface area contributed by atoms with Gasteiger partial charge in [-0.3, -0.25) is 19.7 Å². The maximum absolute atomic E-state index is 13.0. The van der Waals surface area contributed by atoms with Crippen molar-refractivity contribution in [2.75, 3.05) is 11.1 Å². The van der Waals surface area contributed by atoms with E-state index in [2.05, 4.69) is 16.0 Å². The zero-order chi connectivity index (χ0) is 22.9. The molecule has 168 valence electrons. The summed E-state index contributed by atoms with van der Waals surface area (Å²) >= 11 is 1.56. The normalized spacial score (nSPS) is 14.6. The van der Waals surface area contributed by atoms with E-state index in [4.69, 9.17) is 0 Å². The number of hydrogen-bond acceptors (Lipinski definition) is 5.